The zero-order valence-corrected chi connectivity index (χ0v) is 19.0. The van der Waals surface area contributed by atoms with Crippen LogP contribution in [0.4, 0.5) is 17.7 Å². The molecule has 0 atom stereocenters. The number of hydrogen-bond donors (Lipinski definition) is 0. The van der Waals surface area contributed by atoms with Crippen LogP contribution in [0.15, 0.2) is 42.6 Å². The summed E-state index contributed by atoms with van der Waals surface area (Å²) in [5, 5.41) is 9.75. The van der Waals surface area contributed by atoms with E-state index in [0.717, 1.165) is 50.6 Å². The van der Waals surface area contributed by atoms with Crippen LogP contribution >= 0.6 is 11.6 Å². The lowest BCUT2D eigenvalue weighted by atomic mass is 10.1. The van der Waals surface area contributed by atoms with Crippen molar-refractivity contribution in [3.8, 4) is 17.5 Å². The van der Waals surface area contributed by atoms with Crippen LogP contribution < -0.4 is 14.7 Å². The van der Waals surface area contributed by atoms with E-state index >= 15 is 0 Å². The second-order valence-corrected chi connectivity index (χ2v) is 7.81. The Balaban J connectivity index is 1.62. The normalized spacial score (nSPS) is 13.7. The number of halogens is 1. The van der Waals surface area contributed by atoms with Gasteiger partial charge in [0.1, 0.15) is 5.82 Å². The fraction of sp³-hybridized carbons (Fsp3) is 0.348. The highest BCUT2D eigenvalue weighted by Gasteiger charge is 2.23. The van der Waals surface area contributed by atoms with Crippen LogP contribution in [-0.2, 0) is 0 Å². The van der Waals surface area contributed by atoms with Gasteiger partial charge in [-0.1, -0.05) is 11.6 Å². The standard InChI is InChI=1S/C23H25ClN8/c1-3-30(4-2)22-27-20(18-9-7-17(16-25)8-10-18)28-23(29-22)32-14-12-31(13-15-32)21-19(24)6-5-11-26-21/h5-11H,3-4,12-15H2,1-2H3. The van der Waals surface area contributed by atoms with Crippen molar-refractivity contribution < 1.29 is 0 Å². The highest BCUT2D eigenvalue weighted by Crippen LogP contribution is 2.26. The van der Waals surface area contributed by atoms with Gasteiger partial charge in [-0.15, -0.1) is 0 Å². The lowest BCUT2D eigenvalue weighted by molar-refractivity contribution is 0.632. The maximum absolute atomic E-state index is 9.09. The van der Waals surface area contributed by atoms with Gasteiger partial charge in [0.05, 0.1) is 16.7 Å². The van der Waals surface area contributed by atoms with Gasteiger partial charge in [-0.3, -0.25) is 0 Å². The van der Waals surface area contributed by atoms with Crippen molar-refractivity contribution in [2.24, 2.45) is 0 Å². The first kappa shape index (κ1) is 21.8. The molecule has 1 aliphatic rings. The molecule has 4 rings (SSSR count). The molecule has 1 aromatic carbocycles. The van der Waals surface area contributed by atoms with Gasteiger partial charge in [0.2, 0.25) is 11.9 Å². The maximum atomic E-state index is 9.09. The Morgan fingerprint density at radius 1 is 0.969 bits per heavy atom. The molecule has 2 aromatic heterocycles. The Bertz CT molecular complexity index is 1100. The summed E-state index contributed by atoms with van der Waals surface area (Å²) in [5.74, 6) is 2.74. The van der Waals surface area contributed by atoms with Gasteiger partial charge < -0.3 is 14.7 Å². The molecule has 1 fully saturated rings. The Hall–Kier alpha value is -3.44. The molecular weight excluding hydrogens is 424 g/mol. The smallest absolute Gasteiger partial charge is 0.230 e. The van der Waals surface area contributed by atoms with Crippen molar-refractivity contribution in [1.82, 2.24) is 19.9 Å². The topological polar surface area (TPSA) is 85.1 Å². The van der Waals surface area contributed by atoms with E-state index in [1.165, 1.54) is 0 Å². The molecule has 0 unspecified atom stereocenters. The first-order chi connectivity index (χ1) is 15.6. The van der Waals surface area contributed by atoms with Crippen molar-refractivity contribution in [2.45, 2.75) is 13.8 Å². The molecule has 32 heavy (non-hydrogen) atoms. The van der Waals surface area contributed by atoms with Gasteiger partial charge in [0.25, 0.3) is 0 Å². The molecule has 8 nitrogen and oxygen atoms in total. The minimum Gasteiger partial charge on any atom is -0.352 e. The lowest BCUT2D eigenvalue weighted by Crippen LogP contribution is -2.47. The SMILES string of the molecule is CCN(CC)c1nc(-c2ccc(C#N)cc2)nc(N2CCN(c3ncccc3Cl)CC2)n1. The minimum absolute atomic E-state index is 0.608. The number of benzene rings is 1. The van der Waals surface area contributed by atoms with Gasteiger partial charge in [0, 0.05) is 51.0 Å². The molecule has 0 bridgehead atoms. The van der Waals surface area contributed by atoms with E-state index in [1.54, 1.807) is 18.3 Å². The summed E-state index contributed by atoms with van der Waals surface area (Å²) in [6, 6.07) is 13.2. The molecule has 0 aliphatic carbocycles. The first-order valence-corrected chi connectivity index (χ1v) is 11.1. The number of hydrogen-bond acceptors (Lipinski definition) is 8. The van der Waals surface area contributed by atoms with Crippen molar-refractivity contribution in [1.29, 1.82) is 5.26 Å². The summed E-state index contributed by atoms with van der Waals surface area (Å²) in [6.45, 7) is 8.83. The fourth-order valence-corrected chi connectivity index (χ4v) is 3.94. The summed E-state index contributed by atoms with van der Waals surface area (Å²) in [7, 11) is 0. The Kier molecular flexibility index (Phi) is 6.66. The number of pyridine rings is 1. The number of nitriles is 1. The number of anilines is 3. The third-order valence-corrected chi connectivity index (χ3v) is 5.83. The van der Waals surface area contributed by atoms with Crippen molar-refractivity contribution in [3.05, 3.63) is 53.2 Å². The zero-order valence-electron chi connectivity index (χ0n) is 18.2. The van der Waals surface area contributed by atoms with Crippen molar-refractivity contribution >= 4 is 29.3 Å². The van der Waals surface area contributed by atoms with Crippen LogP contribution in [0.3, 0.4) is 0 Å². The predicted octanol–water partition coefficient (Wildman–Crippen LogP) is 3.63. The predicted molar refractivity (Wildman–Crippen MR) is 127 cm³/mol. The maximum Gasteiger partial charge on any atom is 0.230 e. The molecule has 0 amide bonds. The largest absolute Gasteiger partial charge is 0.352 e. The van der Waals surface area contributed by atoms with Crippen molar-refractivity contribution in [2.75, 3.05) is 54.0 Å². The molecule has 0 spiro atoms. The lowest BCUT2D eigenvalue weighted by Gasteiger charge is -2.36. The number of rotatable bonds is 6. The Labute approximate surface area is 193 Å². The molecule has 0 N–H and O–H groups in total. The summed E-state index contributed by atoms with van der Waals surface area (Å²) in [4.78, 5) is 25.2. The van der Waals surface area contributed by atoms with E-state index in [1.807, 2.05) is 24.3 Å². The quantitative estimate of drug-likeness (QED) is 0.565. The van der Waals surface area contributed by atoms with E-state index in [-0.39, 0.29) is 0 Å². The minimum atomic E-state index is 0.608. The molecule has 0 radical (unpaired) electrons. The van der Waals surface area contributed by atoms with Crippen LogP contribution in [0.1, 0.15) is 19.4 Å². The first-order valence-electron chi connectivity index (χ1n) is 10.7. The summed E-state index contributed by atoms with van der Waals surface area (Å²) in [5.41, 5.74) is 1.47. The molecule has 164 valence electrons. The van der Waals surface area contributed by atoms with E-state index in [2.05, 4.69) is 39.6 Å². The third kappa shape index (κ3) is 4.58. The molecular formula is C23H25ClN8. The van der Waals surface area contributed by atoms with Gasteiger partial charge >= 0.3 is 0 Å². The molecule has 0 saturated carbocycles. The average molecular weight is 449 g/mol. The molecule has 1 aliphatic heterocycles. The molecule has 9 heteroatoms. The second kappa shape index (κ2) is 9.79. The number of aromatic nitrogens is 4. The van der Waals surface area contributed by atoms with Crippen LogP contribution in [0.2, 0.25) is 5.02 Å². The number of nitrogens with zero attached hydrogens (tertiary/aromatic N) is 8. The average Bonchev–Trinajstić information content (AvgIpc) is 2.85. The van der Waals surface area contributed by atoms with Crippen LogP contribution in [0.5, 0.6) is 0 Å². The highest BCUT2D eigenvalue weighted by atomic mass is 35.5. The molecule has 1 saturated heterocycles. The zero-order chi connectivity index (χ0) is 22.5. The molecule has 3 aromatic rings. The summed E-state index contributed by atoms with van der Waals surface area (Å²) < 4.78 is 0. The van der Waals surface area contributed by atoms with E-state index in [9.17, 15) is 0 Å². The Morgan fingerprint density at radius 2 is 1.66 bits per heavy atom. The third-order valence-electron chi connectivity index (χ3n) is 5.53. The summed E-state index contributed by atoms with van der Waals surface area (Å²) in [6.07, 6.45) is 1.76. The second-order valence-electron chi connectivity index (χ2n) is 7.40. The fourth-order valence-electron chi connectivity index (χ4n) is 3.69. The van der Waals surface area contributed by atoms with E-state index < -0.39 is 0 Å². The monoisotopic (exact) mass is 448 g/mol. The van der Waals surface area contributed by atoms with Gasteiger partial charge in [0.15, 0.2) is 5.82 Å². The van der Waals surface area contributed by atoms with Gasteiger partial charge in [-0.05, 0) is 50.2 Å². The van der Waals surface area contributed by atoms with Gasteiger partial charge in [-0.25, -0.2) is 4.98 Å². The van der Waals surface area contributed by atoms with Crippen molar-refractivity contribution in [3.63, 3.8) is 0 Å². The molecule has 3 heterocycles. The van der Waals surface area contributed by atoms with Crippen LogP contribution in [0, 0.1) is 11.3 Å². The highest BCUT2D eigenvalue weighted by molar-refractivity contribution is 6.32. The van der Waals surface area contributed by atoms with E-state index in [4.69, 9.17) is 31.8 Å². The number of piperazine rings is 1. The van der Waals surface area contributed by atoms with Crippen LogP contribution in [-0.4, -0.2) is 59.2 Å². The summed E-state index contributed by atoms with van der Waals surface area (Å²) >= 11 is 6.33. The van der Waals surface area contributed by atoms with Crippen LogP contribution in [0.25, 0.3) is 11.4 Å². The van der Waals surface area contributed by atoms with Gasteiger partial charge in [-0.2, -0.15) is 20.2 Å². The Morgan fingerprint density at radius 3 is 2.28 bits per heavy atom. The van der Waals surface area contributed by atoms with E-state index in [0.29, 0.717) is 28.3 Å².